The van der Waals surface area contributed by atoms with Gasteiger partial charge < -0.3 is 10.4 Å². The van der Waals surface area contributed by atoms with Crippen LogP contribution in [0.25, 0.3) is 0 Å². The third-order valence-electron chi connectivity index (χ3n) is 2.51. The standard InChI is InChI=1S/C10H10ClNO2/c11-7-3-1-6(2-4-7)9-8(5-12-9)10(13)14/h1-4,8-9,12H,5H2,(H,13,14). The summed E-state index contributed by atoms with van der Waals surface area (Å²) >= 11 is 5.74. The third-order valence-corrected chi connectivity index (χ3v) is 2.76. The minimum absolute atomic E-state index is 0.0650. The van der Waals surface area contributed by atoms with Crippen LogP contribution in [0.5, 0.6) is 0 Å². The van der Waals surface area contributed by atoms with E-state index in [9.17, 15) is 4.79 Å². The number of hydrogen-bond acceptors (Lipinski definition) is 2. The molecule has 4 heteroatoms. The van der Waals surface area contributed by atoms with Gasteiger partial charge in [-0.2, -0.15) is 0 Å². The van der Waals surface area contributed by atoms with Crippen molar-refractivity contribution in [1.29, 1.82) is 0 Å². The van der Waals surface area contributed by atoms with Gasteiger partial charge >= 0.3 is 5.97 Å². The highest BCUT2D eigenvalue weighted by atomic mass is 35.5. The van der Waals surface area contributed by atoms with Crippen molar-refractivity contribution < 1.29 is 9.90 Å². The van der Waals surface area contributed by atoms with Gasteiger partial charge in [-0.05, 0) is 17.7 Å². The fourth-order valence-electron chi connectivity index (χ4n) is 1.60. The zero-order chi connectivity index (χ0) is 10.1. The van der Waals surface area contributed by atoms with Crippen molar-refractivity contribution in [3.63, 3.8) is 0 Å². The van der Waals surface area contributed by atoms with Crippen molar-refractivity contribution in [2.45, 2.75) is 6.04 Å². The molecule has 1 aromatic rings. The number of halogens is 1. The number of carboxylic acids is 1. The van der Waals surface area contributed by atoms with Crippen molar-refractivity contribution in [2.75, 3.05) is 6.54 Å². The SMILES string of the molecule is O=C(O)C1CNC1c1ccc(Cl)cc1. The molecule has 2 unspecified atom stereocenters. The monoisotopic (exact) mass is 211 g/mol. The largest absolute Gasteiger partial charge is 0.481 e. The smallest absolute Gasteiger partial charge is 0.309 e. The van der Waals surface area contributed by atoms with Crippen molar-refractivity contribution in [3.8, 4) is 0 Å². The van der Waals surface area contributed by atoms with Crippen LogP contribution in [0.15, 0.2) is 24.3 Å². The first-order valence-electron chi connectivity index (χ1n) is 4.40. The highest BCUT2D eigenvalue weighted by Gasteiger charge is 2.36. The summed E-state index contributed by atoms with van der Waals surface area (Å²) in [6, 6.07) is 7.19. The number of aliphatic carboxylic acids is 1. The van der Waals surface area contributed by atoms with E-state index in [1.807, 2.05) is 12.1 Å². The Bertz CT molecular complexity index is 350. The Morgan fingerprint density at radius 2 is 2.07 bits per heavy atom. The number of benzene rings is 1. The average molecular weight is 212 g/mol. The molecule has 74 valence electrons. The fraction of sp³-hybridized carbons (Fsp3) is 0.300. The van der Waals surface area contributed by atoms with E-state index in [0.29, 0.717) is 11.6 Å². The number of nitrogens with one attached hydrogen (secondary N) is 1. The number of carboxylic acid groups (broad SMARTS) is 1. The van der Waals surface area contributed by atoms with E-state index in [2.05, 4.69) is 5.32 Å². The van der Waals surface area contributed by atoms with Gasteiger partial charge in [0.1, 0.15) is 0 Å². The predicted molar refractivity (Wildman–Crippen MR) is 53.3 cm³/mol. The highest BCUT2D eigenvalue weighted by molar-refractivity contribution is 6.30. The second-order valence-corrected chi connectivity index (χ2v) is 3.82. The van der Waals surface area contributed by atoms with Gasteiger partial charge in [0, 0.05) is 17.6 Å². The Kier molecular flexibility index (Phi) is 2.44. The third kappa shape index (κ3) is 1.61. The molecule has 2 N–H and O–H groups in total. The lowest BCUT2D eigenvalue weighted by Gasteiger charge is -2.35. The Hall–Kier alpha value is -1.06. The summed E-state index contributed by atoms with van der Waals surface area (Å²) in [5.41, 5.74) is 0.980. The molecule has 0 spiro atoms. The molecule has 0 aromatic heterocycles. The van der Waals surface area contributed by atoms with Crippen molar-refractivity contribution in [2.24, 2.45) is 5.92 Å². The molecule has 1 saturated heterocycles. The Labute approximate surface area is 86.7 Å². The van der Waals surface area contributed by atoms with E-state index in [1.165, 1.54) is 0 Å². The normalized spacial score (nSPS) is 25.5. The zero-order valence-corrected chi connectivity index (χ0v) is 8.16. The molecular weight excluding hydrogens is 202 g/mol. The highest BCUT2D eigenvalue weighted by Crippen LogP contribution is 2.29. The molecule has 0 amide bonds. The Morgan fingerprint density at radius 3 is 2.50 bits per heavy atom. The summed E-state index contributed by atoms with van der Waals surface area (Å²) in [4.78, 5) is 10.8. The summed E-state index contributed by atoms with van der Waals surface area (Å²) < 4.78 is 0. The van der Waals surface area contributed by atoms with Crippen molar-refractivity contribution in [1.82, 2.24) is 5.32 Å². The van der Waals surface area contributed by atoms with Crippen LogP contribution in [-0.4, -0.2) is 17.6 Å². The van der Waals surface area contributed by atoms with Gasteiger partial charge in [0.2, 0.25) is 0 Å². The maximum atomic E-state index is 10.8. The molecule has 2 rings (SSSR count). The van der Waals surface area contributed by atoms with Crippen LogP contribution in [0, 0.1) is 5.92 Å². The first-order valence-corrected chi connectivity index (χ1v) is 4.78. The topological polar surface area (TPSA) is 49.3 Å². The van der Waals surface area contributed by atoms with Crippen LogP contribution in [0.2, 0.25) is 5.02 Å². The fourth-order valence-corrected chi connectivity index (χ4v) is 1.73. The van der Waals surface area contributed by atoms with Gasteiger partial charge in [-0.25, -0.2) is 0 Å². The maximum absolute atomic E-state index is 10.8. The molecule has 1 aromatic carbocycles. The molecule has 0 saturated carbocycles. The minimum Gasteiger partial charge on any atom is -0.481 e. The molecule has 1 aliphatic rings. The molecule has 0 radical (unpaired) electrons. The lowest BCUT2D eigenvalue weighted by Crippen LogP contribution is -2.49. The van der Waals surface area contributed by atoms with Gasteiger partial charge in [0.25, 0.3) is 0 Å². The number of hydrogen-bond donors (Lipinski definition) is 2. The predicted octanol–water partition coefficient (Wildman–Crippen LogP) is 1.69. The van der Waals surface area contributed by atoms with E-state index in [4.69, 9.17) is 16.7 Å². The molecule has 1 fully saturated rings. The second kappa shape index (κ2) is 3.59. The van der Waals surface area contributed by atoms with Crippen molar-refractivity contribution >= 4 is 17.6 Å². The van der Waals surface area contributed by atoms with Crippen LogP contribution in [-0.2, 0) is 4.79 Å². The summed E-state index contributed by atoms with van der Waals surface area (Å²) in [5.74, 6) is -1.06. The van der Waals surface area contributed by atoms with Crippen LogP contribution in [0.3, 0.4) is 0 Å². The second-order valence-electron chi connectivity index (χ2n) is 3.38. The van der Waals surface area contributed by atoms with Crippen molar-refractivity contribution in [3.05, 3.63) is 34.9 Å². The maximum Gasteiger partial charge on any atom is 0.309 e. The summed E-state index contributed by atoms with van der Waals surface area (Å²) in [6.07, 6.45) is 0. The number of rotatable bonds is 2. The molecule has 3 nitrogen and oxygen atoms in total. The molecule has 2 atom stereocenters. The average Bonchev–Trinajstić information content (AvgIpc) is 2.05. The Balaban J connectivity index is 2.16. The summed E-state index contributed by atoms with van der Waals surface area (Å²) in [5, 5.41) is 12.6. The molecule has 0 bridgehead atoms. The first-order chi connectivity index (χ1) is 6.68. The van der Waals surface area contributed by atoms with Gasteiger partial charge in [-0.1, -0.05) is 23.7 Å². The zero-order valence-electron chi connectivity index (χ0n) is 7.40. The molecule has 0 aliphatic carbocycles. The molecule has 14 heavy (non-hydrogen) atoms. The summed E-state index contributed by atoms with van der Waals surface area (Å²) in [6.45, 7) is 0.544. The van der Waals surface area contributed by atoms with Crippen LogP contribution in [0.1, 0.15) is 11.6 Å². The van der Waals surface area contributed by atoms with Crippen LogP contribution >= 0.6 is 11.6 Å². The van der Waals surface area contributed by atoms with E-state index >= 15 is 0 Å². The van der Waals surface area contributed by atoms with Gasteiger partial charge in [-0.15, -0.1) is 0 Å². The number of carbonyl (C=O) groups is 1. The van der Waals surface area contributed by atoms with Gasteiger partial charge in [0.15, 0.2) is 0 Å². The minimum atomic E-state index is -0.747. The lowest BCUT2D eigenvalue weighted by atomic mass is 9.86. The first kappa shape index (κ1) is 9.49. The lowest BCUT2D eigenvalue weighted by molar-refractivity contribution is -0.145. The molecular formula is C10H10ClNO2. The van der Waals surface area contributed by atoms with Gasteiger partial charge in [-0.3, -0.25) is 4.79 Å². The molecule has 1 aliphatic heterocycles. The van der Waals surface area contributed by atoms with Crippen LogP contribution in [0.4, 0.5) is 0 Å². The van der Waals surface area contributed by atoms with E-state index in [-0.39, 0.29) is 12.0 Å². The van der Waals surface area contributed by atoms with Crippen LogP contribution < -0.4 is 5.32 Å². The van der Waals surface area contributed by atoms with Gasteiger partial charge in [0.05, 0.1) is 5.92 Å². The Morgan fingerprint density at radius 1 is 1.43 bits per heavy atom. The summed E-state index contributed by atoms with van der Waals surface area (Å²) in [7, 11) is 0. The molecule has 1 heterocycles. The van der Waals surface area contributed by atoms with E-state index in [0.717, 1.165) is 5.56 Å². The quantitative estimate of drug-likeness (QED) is 0.783. The van der Waals surface area contributed by atoms with E-state index in [1.54, 1.807) is 12.1 Å². The van der Waals surface area contributed by atoms with E-state index < -0.39 is 5.97 Å².